The zero-order valence-electron chi connectivity index (χ0n) is 10.2. The topological polar surface area (TPSA) is 37.8 Å². The molecule has 0 aliphatic heterocycles. The standard InChI is InChI=1S/C12H9ClF3N3S/c1-20-11-5-10(17-6-18-11)19-9-3-2-7(4-8(9)13)12(14,15)16/h2-6H,1H3,(H,17,18,19). The maximum absolute atomic E-state index is 12.5. The minimum Gasteiger partial charge on any atom is -0.339 e. The summed E-state index contributed by atoms with van der Waals surface area (Å²) < 4.78 is 37.6. The Kier molecular flexibility index (Phi) is 4.39. The van der Waals surface area contributed by atoms with Gasteiger partial charge in [0, 0.05) is 6.07 Å². The molecule has 0 bridgehead atoms. The van der Waals surface area contributed by atoms with Crippen molar-refractivity contribution in [2.45, 2.75) is 11.2 Å². The molecule has 0 saturated heterocycles. The van der Waals surface area contributed by atoms with Gasteiger partial charge < -0.3 is 5.32 Å². The molecule has 0 aliphatic rings. The smallest absolute Gasteiger partial charge is 0.339 e. The van der Waals surface area contributed by atoms with Crippen LogP contribution in [0, 0.1) is 0 Å². The molecule has 0 radical (unpaired) electrons. The number of alkyl halides is 3. The van der Waals surface area contributed by atoms with Crippen LogP contribution in [0.5, 0.6) is 0 Å². The second-order valence-electron chi connectivity index (χ2n) is 3.76. The van der Waals surface area contributed by atoms with Gasteiger partial charge in [-0.25, -0.2) is 9.97 Å². The largest absolute Gasteiger partial charge is 0.416 e. The van der Waals surface area contributed by atoms with Crippen LogP contribution in [0.4, 0.5) is 24.7 Å². The second kappa shape index (κ2) is 5.88. The van der Waals surface area contributed by atoms with Gasteiger partial charge in [-0.1, -0.05) is 11.6 Å². The van der Waals surface area contributed by atoms with Gasteiger partial charge in [-0.05, 0) is 24.5 Å². The number of rotatable bonds is 3. The molecule has 0 saturated carbocycles. The molecule has 1 aromatic heterocycles. The van der Waals surface area contributed by atoms with Crippen molar-refractivity contribution in [3.8, 4) is 0 Å². The summed E-state index contributed by atoms with van der Waals surface area (Å²) in [6.45, 7) is 0. The first kappa shape index (κ1) is 14.9. The summed E-state index contributed by atoms with van der Waals surface area (Å²) in [5.74, 6) is 0.464. The monoisotopic (exact) mass is 319 g/mol. The number of nitrogens with one attached hydrogen (secondary N) is 1. The highest BCUT2D eigenvalue weighted by Gasteiger charge is 2.30. The summed E-state index contributed by atoms with van der Waals surface area (Å²) in [5, 5.41) is 3.58. The van der Waals surface area contributed by atoms with Crippen molar-refractivity contribution in [2.75, 3.05) is 11.6 Å². The van der Waals surface area contributed by atoms with Crippen molar-refractivity contribution < 1.29 is 13.2 Å². The SMILES string of the molecule is CSc1cc(Nc2ccc(C(F)(F)F)cc2Cl)ncn1. The van der Waals surface area contributed by atoms with E-state index in [0.29, 0.717) is 11.5 Å². The lowest BCUT2D eigenvalue weighted by molar-refractivity contribution is -0.137. The highest BCUT2D eigenvalue weighted by atomic mass is 35.5. The van der Waals surface area contributed by atoms with Gasteiger partial charge in [0.15, 0.2) is 0 Å². The van der Waals surface area contributed by atoms with E-state index in [1.165, 1.54) is 24.2 Å². The molecule has 0 spiro atoms. The van der Waals surface area contributed by atoms with Crippen LogP contribution < -0.4 is 5.32 Å². The zero-order chi connectivity index (χ0) is 14.8. The maximum atomic E-state index is 12.5. The van der Waals surface area contributed by atoms with E-state index >= 15 is 0 Å². The fourth-order valence-corrected chi connectivity index (χ4v) is 2.06. The number of thioether (sulfide) groups is 1. The number of nitrogens with zero attached hydrogens (tertiary/aromatic N) is 2. The Bertz CT molecular complexity index is 619. The third-order valence-electron chi connectivity index (χ3n) is 2.41. The molecule has 2 rings (SSSR count). The molecule has 2 aromatic rings. The lowest BCUT2D eigenvalue weighted by Gasteiger charge is -2.11. The van der Waals surface area contributed by atoms with E-state index in [4.69, 9.17) is 11.6 Å². The summed E-state index contributed by atoms with van der Waals surface area (Å²) in [6, 6.07) is 4.79. The van der Waals surface area contributed by atoms with Crippen molar-refractivity contribution in [1.82, 2.24) is 9.97 Å². The summed E-state index contributed by atoms with van der Waals surface area (Å²) in [4.78, 5) is 7.98. The Balaban J connectivity index is 2.25. The number of hydrogen-bond acceptors (Lipinski definition) is 4. The molecule has 0 amide bonds. The quantitative estimate of drug-likeness (QED) is 0.662. The van der Waals surface area contributed by atoms with Gasteiger partial charge in [0.05, 0.1) is 16.3 Å². The van der Waals surface area contributed by atoms with Crippen molar-refractivity contribution in [3.05, 3.63) is 41.2 Å². The molecule has 1 aromatic carbocycles. The molecule has 0 atom stereocenters. The molecule has 0 aliphatic carbocycles. The molecule has 0 unspecified atom stereocenters. The van der Waals surface area contributed by atoms with Crippen molar-refractivity contribution in [2.24, 2.45) is 0 Å². The van der Waals surface area contributed by atoms with Crippen LogP contribution in [0.25, 0.3) is 0 Å². The highest BCUT2D eigenvalue weighted by molar-refractivity contribution is 7.98. The van der Waals surface area contributed by atoms with Crippen LogP contribution in [-0.4, -0.2) is 16.2 Å². The van der Waals surface area contributed by atoms with Gasteiger partial charge >= 0.3 is 6.18 Å². The van der Waals surface area contributed by atoms with Gasteiger partial charge in [0.25, 0.3) is 0 Å². The Morgan fingerprint density at radius 3 is 2.55 bits per heavy atom. The van der Waals surface area contributed by atoms with Crippen LogP contribution in [0.2, 0.25) is 5.02 Å². The summed E-state index contributed by atoms with van der Waals surface area (Å²) >= 11 is 7.28. The Hall–Kier alpha value is -1.47. The molecule has 1 heterocycles. The fraction of sp³-hybridized carbons (Fsp3) is 0.167. The predicted octanol–water partition coefficient (Wildman–Crippen LogP) is 4.61. The number of hydrogen-bond donors (Lipinski definition) is 1. The van der Waals surface area contributed by atoms with Gasteiger partial charge in [-0.2, -0.15) is 13.2 Å². The molecular weight excluding hydrogens is 311 g/mol. The molecule has 3 nitrogen and oxygen atoms in total. The minimum atomic E-state index is -4.41. The van der Waals surface area contributed by atoms with Crippen LogP contribution in [0.3, 0.4) is 0 Å². The molecule has 106 valence electrons. The van der Waals surface area contributed by atoms with Crippen LogP contribution in [0.15, 0.2) is 35.6 Å². The molecule has 20 heavy (non-hydrogen) atoms. The predicted molar refractivity (Wildman–Crippen MR) is 73.5 cm³/mol. The van der Waals surface area contributed by atoms with E-state index in [1.54, 1.807) is 6.07 Å². The van der Waals surface area contributed by atoms with Crippen molar-refractivity contribution >= 4 is 34.9 Å². The van der Waals surface area contributed by atoms with Gasteiger partial charge in [-0.3, -0.25) is 0 Å². The Morgan fingerprint density at radius 1 is 1.20 bits per heavy atom. The molecule has 8 heteroatoms. The number of anilines is 2. The number of halogens is 4. The van der Waals surface area contributed by atoms with E-state index in [-0.39, 0.29) is 5.02 Å². The average Bonchev–Trinajstić information content (AvgIpc) is 2.40. The minimum absolute atomic E-state index is 0.0239. The molecule has 0 fully saturated rings. The average molecular weight is 320 g/mol. The maximum Gasteiger partial charge on any atom is 0.416 e. The fourth-order valence-electron chi connectivity index (χ4n) is 1.45. The van der Waals surface area contributed by atoms with Crippen molar-refractivity contribution in [3.63, 3.8) is 0 Å². The Morgan fingerprint density at radius 2 is 1.95 bits per heavy atom. The zero-order valence-corrected chi connectivity index (χ0v) is 11.8. The van der Waals surface area contributed by atoms with Gasteiger partial charge in [-0.15, -0.1) is 11.8 Å². The third-order valence-corrected chi connectivity index (χ3v) is 3.36. The van der Waals surface area contributed by atoms with E-state index in [2.05, 4.69) is 15.3 Å². The van der Waals surface area contributed by atoms with E-state index in [1.807, 2.05) is 6.26 Å². The molecular formula is C12H9ClF3N3S. The lowest BCUT2D eigenvalue weighted by atomic mass is 10.2. The first-order valence-electron chi connectivity index (χ1n) is 5.40. The van der Waals surface area contributed by atoms with Crippen molar-refractivity contribution in [1.29, 1.82) is 0 Å². The first-order chi connectivity index (χ1) is 9.40. The van der Waals surface area contributed by atoms with Gasteiger partial charge in [0.1, 0.15) is 17.2 Å². The lowest BCUT2D eigenvalue weighted by Crippen LogP contribution is -2.05. The summed E-state index contributed by atoms with van der Waals surface area (Å²) in [6.07, 6.45) is -1.19. The van der Waals surface area contributed by atoms with Crippen LogP contribution in [0.1, 0.15) is 5.56 Å². The molecule has 1 N–H and O–H groups in total. The normalized spacial score (nSPS) is 11.4. The number of aromatic nitrogens is 2. The third kappa shape index (κ3) is 3.55. The summed E-state index contributed by atoms with van der Waals surface area (Å²) in [5.41, 5.74) is -0.439. The van der Waals surface area contributed by atoms with Crippen LogP contribution in [-0.2, 0) is 6.18 Å². The van der Waals surface area contributed by atoms with Crippen LogP contribution >= 0.6 is 23.4 Å². The summed E-state index contributed by atoms with van der Waals surface area (Å²) in [7, 11) is 0. The van der Waals surface area contributed by atoms with Gasteiger partial charge in [0.2, 0.25) is 0 Å². The second-order valence-corrected chi connectivity index (χ2v) is 5.00. The van der Waals surface area contributed by atoms with E-state index in [0.717, 1.165) is 17.2 Å². The van der Waals surface area contributed by atoms with E-state index < -0.39 is 11.7 Å². The highest BCUT2D eigenvalue weighted by Crippen LogP contribution is 2.34. The first-order valence-corrected chi connectivity index (χ1v) is 7.00. The number of benzene rings is 1. The van der Waals surface area contributed by atoms with E-state index in [9.17, 15) is 13.2 Å². The Labute approximate surface area is 122 Å².